The molecule has 0 aliphatic rings. The Kier molecular flexibility index (Phi) is 6.25. The Hall–Kier alpha value is -1.58. The van der Waals surface area contributed by atoms with Crippen molar-refractivity contribution >= 4 is 0 Å². The summed E-state index contributed by atoms with van der Waals surface area (Å²) in [5, 5.41) is 0. The van der Waals surface area contributed by atoms with Gasteiger partial charge < -0.3 is 4.57 Å². The van der Waals surface area contributed by atoms with Gasteiger partial charge in [0.05, 0.1) is 0 Å². The molecular weight excluding hydrogens is 216 g/mol. The van der Waals surface area contributed by atoms with Crippen LogP contribution in [0.4, 0.5) is 0 Å². The van der Waals surface area contributed by atoms with Gasteiger partial charge in [0.1, 0.15) is 0 Å². The van der Waals surface area contributed by atoms with Crippen molar-refractivity contribution < 1.29 is 0 Å². The van der Waals surface area contributed by atoms with E-state index in [4.69, 9.17) is 0 Å². The summed E-state index contributed by atoms with van der Waals surface area (Å²) >= 11 is 0. The summed E-state index contributed by atoms with van der Waals surface area (Å²) < 4.78 is 2.69. The van der Waals surface area contributed by atoms with Crippen molar-refractivity contribution in [2.24, 2.45) is 7.05 Å². The van der Waals surface area contributed by atoms with E-state index in [-0.39, 0.29) is 17.3 Å². The van der Waals surface area contributed by atoms with E-state index in [1.807, 2.05) is 27.7 Å². The molecule has 0 saturated heterocycles. The van der Waals surface area contributed by atoms with Gasteiger partial charge in [-0.3, -0.25) is 9.36 Å². The molecule has 0 N–H and O–H groups in total. The van der Waals surface area contributed by atoms with Crippen LogP contribution in [0, 0.1) is 0 Å². The molecule has 0 fully saturated rings. The second-order valence-electron chi connectivity index (χ2n) is 3.81. The van der Waals surface area contributed by atoms with Gasteiger partial charge >= 0.3 is 5.69 Å². The minimum atomic E-state index is -0.275. The number of rotatable bonds is 3. The molecule has 96 valence electrons. The first-order chi connectivity index (χ1) is 7.99. The van der Waals surface area contributed by atoms with Gasteiger partial charge in [0.2, 0.25) is 0 Å². The monoisotopic (exact) mass is 238 g/mol. The molecule has 4 heteroatoms. The van der Waals surface area contributed by atoms with E-state index in [1.165, 1.54) is 9.13 Å². The molecule has 0 aliphatic carbocycles. The van der Waals surface area contributed by atoms with Crippen LogP contribution in [0.25, 0.3) is 0 Å². The fourth-order valence-electron chi connectivity index (χ4n) is 1.51. The maximum Gasteiger partial charge on any atom is 0.330 e. The topological polar surface area (TPSA) is 44.0 Å². The highest BCUT2D eigenvalue weighted by Crippen LogP contribution is 1.97. The third-order valence-corrected chi connectivity index (χ3v) is 2.23. The Balaban J connectivity index is 0.00000121. The summed E-state index contributed by atoms with van der Waals surface area (Å²) in [5.41, 5.74) is 0.108. The van der Waals surface area contributed by atoms with E-state index < -0.39 is 0 Å². The van der Waals surface area contributed by atoms with Crippen LogP contribution in [0.5, 0.6) is 0 Å². The molecule has 0 aromatic carbocycles. The summed E-state index contributed by atoms with van der Waals surface area (Å²) in [4.78, 5) is 23.6. The third-order valence-electron chi connectivity index (χ3n) is 2.23. The Labute approximate surface area is 102 Å². The van der Waals surface area contributed by atoms with Crippen LogP contribution in [-0.2, 0) is 13.5 Å². The van der Waals surface area contributed by atoms with E-state index in [0.717, 1.165) is 0 Å². The molecule has 0 atom stereocenters. The van der Waals surface area contributed by atoms with Crippen molar-refractivity contribution in [3.05, 3.63) is 45.3 Å². The summed E-state index contributed by atoms with van der Waals surface area (Å²) in [5.74, 6) is 0. The molecule has 0 spiro atoms. The average Bonchev–Trinajstić information content (AvgIpc) is 2.29. The van der Waals surface area contributed by atoms with Gasteiger partial charge in [0.15, 0.2) is 0 Å². The first kappa shape index (κ1) is 15.4. The summed E-state index contributed by atoms with van der Waals surface area (Å²) in [6.07, 6.45) is 3.72. The Morgan fingerprint density at radius 2 is 1.88 bits per heavy atom. The zero-order valence-electron chi connectivity index (χ0n) is 11.4. The molecule has 4 nitrogen and oxygen atoms in total. The van der Waals surface area contributed by atoms with Crippen molar-refractivity contribution in [3.63, 3.8) is 0 Å². The summed E-state index contributed by atoms with van der Waals surface area (Å²) in [7, 11) is 1.65. The lowest BCUT2D eigenvalue weighted by atomic mass is 10.2. The maximum atomic E-state index is 11.9. The molecule has 0 unspecified atom stereocenters. The predicted octanol–water partition coefficient (Wildman–Crippen LogP) is 1.88. The average molecular weight is 238 g/mol. The highest BCUT2D eigenvalue weighted by molar-refractivity contribution is 5.09. The second-order valence-corrected chi connectivity index (χ2v) is 3.81. The van der Waals surface area contributed by atoms with Gasteiger partial charge in [-0.15, -0.1) is 6.58 Å². The Morgan fingerprint density at radius 3 is 2.29 bits per heavy atom. The maximum absolute atomic E-state index is 11.9. The predicted molar refractivity (Wildman–Crippen MR) is 71.6 cm³/mol. The lowest BCUT2D eigenvalue weighted by Crippen LogP contribution is -2.41. The van der Waals surface area contributed by atoms with Gasteiger partial charge in [-0.1, -0.05) is 19.9 Å². The molecule has 1 heterocycles. The molecule has 0 aliphatic heterocycles. The largest absolute Gasteiger partial charge is 0.330 e. The van der Waals surface area contributed by atoms with Gasteiger partial charge in [-0.05, 0) is 20.3 Å². The molecular formula is C13H22N2O2. The van der Waals surface area contributed by atoms with Crippen molar-refractivity contribution in [2.75, 3.05) is 0 Å². The summed E-state index contributed by atoms with van der Waals surface area (Å²) in [6, 6.07) is -0.124. The quantitative estimate of drug-likeness (QED) is 0.755. The van der Waals surface area contributed by atoms with Crippen molar-refractivity contribution in [1.29, 1.82) is 0 Å². The van der Waals surface area contributed by atoms with Crippen molar-refractivity contribution in [3.8, 4) is 0 Å². The lowest BCUT2D eigenvalue weighted by Gasteiger charge is -2.12. The van der Waals surface area contributed by atoms with E-state index in [9.17, 15) is 9.59 Å². The van der Waals surface area contributed by atoms with Crippen molar-refractivity contribution in [1.82, 2.24) is 9.13 Å². The zero-order valence-corrected chi connectivity index (χ0v) is 11.4. The fourth-order valence-corrected chi connectivity index (χ4v) is 1.51. The zero-order chi connectivity index (χ0) is 13.6. The Bertz CT molecular complexity index is 481. The molecule has 1 aromatic rings. The number of hydrogen-bond acceptors (Lipinski definition) is 2. The second kappa shape index (κ2) is 6.89. The first-order valence-electron chi connectivity index (χ1n) is 5.91. The normalized spacial score (nSPS) is 9.76. The van der Waals surface area contributed by atoms with Crippen LogP contribution in [0.1, 0.15) is 39.3 Å². The number of aromatic nitrogens is 2. The number of allylic oxidation sites excluding steroid dienone is 1. The van der Waals surface area contributed by atoms with E-state index in [2.05, 4.69) is 6.58 Å². The van der Waals surface area contributed by atoms with Gasteiger partial charge in [-0.25, -0.2) is 4.79 Å². The van der Waals surface area contributed by atoms with Gasteiger partial charge in [0, 0.05) is 24.8 Å². The van der Waals surface area contributed by atoms with Crippen LogP contribution >= 0.6 is 0 Å². The van der Waals surface area contributed by atoms with Crippen LogP contribution < -0.4 is 11.2 Å². The van der Waals surface area contributed by atoms with E-state index >= 15 is 0 Å². The molecule has 0 amide bonds. The number of hydrogen-bond donors (Lipinski definition) is 0. The standard InChI is InChI=1S/C11H16N2O2.C2H6/c1-5-6-9-7-12(4)11(15)13(8(2)3)10(9)14;1-2/h5,7-8H,1,6H2,2-4H3;1-2H3. The van der Waals surface area contributed by atoms with Crippen LogP contribution in [0.15, 0.2) is 28.4 Å². The molecule has 17 heavy (non-hydrogen) atoms. The molecule has 0 bridgehead atoms. The smallest absolute Gasteiger partial charge is 0.303 e. The fraction of sp³-hybridized carbons (Fsp3) is 0.538. The molecule has 0 saturated carbocycles. The van der Waals surface area contributed by atoms with Gasteiger partial charge in [0.25, 0.3) is 5.56 Å². The molecule has 1 rings (SSSR count). The van der Waals surface area contributed by atoms with Crippen molar-refractivity contribution in [2.45, 2.75) is 40.2 Å². The Morgan fingerprint density at radius 1 is 1.35 bits per heavy atom. The third kappa shape index (κ3) is 3.44. The molecule has 1 aromatic heterocycles. The highest BCUT2D eigenvalue weighted by Gasteiger charge is 2.10. The lowest BCUT2D eigenvalue weighted by molar-refractivity contribution is 0.517. The highest BCUT2D eigenvalue weighted by atomic mass is 16.2. The van der Waals surface area contributed by atoms with Crippen LogP contribution in [-0.4, -0.2) is 9.13 Å². The first-order valence-corrected chi connectivity index (χ1v) is 5.91. The van der Waals surface area contributed by atoms with E-state index in [0.29, 0.717) is 12.0 Å². The molecule has 0 radical (unpaired) electrons. The minimum absolute atomic E-state index is 0.124. The minimum Gasteiger partial charge on any atom is -0.303 e. The van der Waals surface area contributed by atoms with Crippen LogP contribution in [0.3, 0.4) is 0 Å². The van der Waals surface area contributed by atoms with E-state index in [1.54, 1.807) is 19.3 Å². The van der Waals surface area contributed by atoms with Gasteiger partial charge in [-0.2, -0.15) is 0 Å². The SMILES string of the molecule is C=CCc1cn(C)c(=O)n(C(C)C)c1=O.CC. The van der Waals surface area contributed by atoms with Crippen LogP contribution in [0.2, 0.25) is 0 Å². The summed E-state index contributed by atoms with van der Waals surface area (Å²) in [6.45, 7) is 11.2. The number of nitrogens with zero attached hydrogens (tertiary/aromatic N) is 2. The number of aryl methyl sites for hydroxylation is 1.